The van der Waals surface area contributed by atoms with Crippen molar-refractivity contribution in [3.8, 4) is 0 Å². The van der Waals surface area contributed by atoms with Gasteiger partial charge in [0.25, 0.3) is 0 Å². The lowest BCUT2D eigenvalue weighted by molar-refractivity contribution is 0.521. The summed E-state index contributed by atoms with van der Waals surface area (Å²) in [6.07, 6.45) is 17.9. The minimum Gasteiger partial charge on any atom is -0.315 e. The molecule has 1 N–H and O–H groups in total. The molecule has 1 rings (SSSR count). The zero-order valence-corrected chi connectivity index (χ0v) is 13.3. The van der Waals surface area contributed by atoms with E-state index in [4.69, 9.17) is 0 Å². The smallest absolute Gasteiger partial charge is 0.0533 e. The van der Waals surface area contributed by atoms with Crippen LogP contribution >= 0.6 is 0 Å². The van der Waals surface area contributed by atoms with E-state index in [-0.39, 0.29) is 0 Å². The molecule has 0 aliphatic heterocycles. The van der Waals surface area contributed by atoms with Gasteiger partial charge in [0.2, 0.25) is 0 Å². The van der Waals surface area contributed by atoms with Crippen molar-refractivity contribution in [1.29, 1.82) is 0 Å². The van der Waals surface area contributed by atoms with Crippen molar-refractivity contribution in [2.45, 2.75) is 77.7 Å². The molecule has 1 heterocycles. The van der Waals surface area contributed by atoms with Crippen LogP contribution in [-0.4, -0.2) is 22.9 Å². The third-order valence-corrected chi connectivity index (χ3v) is 3.78. The molecule has 0 aromatic carbocycles. The Morgan fingerprint density at radius 3 is 2.10 bits per heavy atom. The van der Waals surface area contributed by atoms with Gasteiger partial charge in [0.05, 0.1) is 6.54 Å². The molecular weight excluding hydrogens is 246 g/mol. The van der Waals surface area contributed by atoms with Gasteiger partial charge in [-0.2, -0.15) is 5.10 Å². The van der Waals surface area contributed by atoms with Gasteiger partial charge in [-0.1, -0.05) is 64.7 Å². The molecule has 0 bridgehead atoms. The summed E-state index contributed by atoms with van der Waals surface area (Å²) in [5.41, 5.74) is 0. The van der Waals surface area contributed by atoms with E-state index in [1.807, 2.05) is 23.1 Å². The van der Waals surface area contributed by atoms with Gasteiger partial charge in [-0.15, -0.1) is 0 Å². The Kier molecular flexibility index (Phi) is 11.3. The molecule has 116 valence electrons. The van der Waals surface area contributed by atoms with E-state index in [0.29, 0.717) is 0 Å². The van der Waals surface area contributed by atoms with Crippen LogP contribution < -0.4 is 5.32 Å². The van der Waals surface area contributed by atoms with E-state index in [2.05, 4.69) is 17.3 Å². The number of rotatable bonds is 14. The molecule has 20 heavy (non-hydrogen) atoms. The highest BCUT2D eigenvalue weighted by Gasteiger charge is 1.93. The predicted octanol–water partition coefficient (Wildman–Crippen LogP) is 4.39. The third-order valence-electron chi connectivity index (χ3n) is 3.78. The SMILES string of the molecule is CCCCCCCCCCCCNCCn1cccn1. The first-order valence-corrected chi connectivity index (χ1v) is 8.61. The average molecular weight is 279 g/mol. The lowest BCUT2D eigenvalue weighted by Crippen LogP contribution is -2.21. The zero-order chi connectivity index (χ0) is 14.3. The van der Waals surface area contributed by atoms with Crippen LogP contribution in [0.5, 0.6) is 0 Å². The van der Waals surface area contributed by atoms with Crippen molar-refractivity contribution in [3.05, 3.63) is 18.5 Å². The van der Waals surface area contributed by atoms with Crippen LogP contribution in [0.15, 0.2) is 18.5 Å². The van der Waals surface area contributed by atoms with E-state index in [9.17, 15) is 0 Å². The van der Waals surface area contributed by atoms with E-state index < -0.39 is 0 Å². The van der Waals surface area contributed by atoms with Gasteiger partial charge in [0, 0.05) is 18.9 Å². The van der Waals surface area contributed by atoms with Crippen molar-refractivity contribution in [2.24, 2.45) is 0 Å². The Hall–Kier alpha value is -0.830. The van der Waals surface area contributed by atoms with Crippen molar-refractivity contribution in [1.82, 2.24) is 15.1 Å². The fraction of sp³-hybridized carbons (Fsp3) is 0.824. The second kappa shape index (κ2) is 13.2. The maximum atomic E-state index is 4.19. The van der Waals surface area contributed by atoms with Crippen molar-refractivity contribution >= 4 is 0 Å². The summed E-state index contributed by atoms with van der Waals surface area (Å²) in [5, 5.41) is 7.68. The van der Waals surface area contributed by atoms with Gasteiger partial charge in [-0.05, 0) is 19.0 Å². The molecule has 3 nitrogen and oxygen atoms in total. The van der Waals surface area contributed by atoms with E-state index in [0.717, 1.165) is 19.6 Å². The minimum absolute atomic E-state index is 0.977. The molecule has 3 heteroatoms. The number of unbranched alkanes of at least 4 members (excludes halogenated alkanes) is 9. The molecule has 0 atom stereocenters. The molecule has 0 fully saturated rings. The number of hydrogen-bond donors (Lipinski definition) is 1. The Morgan fingerprint density at radius 2 is 1.50 bits per heavy atom. The molecule has 0 radical (unpaired) electrons. The van der Waals surface area contributed by atoms with Crippen LogP contribution in [0.1, 0.15) is 71.1 Å². The van der Waals surface area contributed by atoms with E-state index in [1.54, 1.807) is 0 Å². The monoisotopic (exact) mass is 279 g/mol. The third kappa shape index (κ3) is 10.0. The fourth-order valence-corrected chi connectivity index (χ4v) is 2.49. The van der Waals surface area contributed by atoms with Crippen LogP contribution in [0, 0.1) is 0 Å². The van der Waals surface area contributed by atoms with Crippen LogP contribution in [-0.2, 0) is 6.54 Å². The maximum Gasteiger partial charge on any atom is 0.0533 e. The van der Waals surface area contributed by atoms with Gasteiger partial charge in [0.1, 0.15) is 0 Å². The number of nitrogens with one attached hydrogen (secondary N) is 1. The molecule has 0 amide bonds. The summed E-state index contributed by atoms with van der Waals surface area (Å²) in [6, 6.07) is 1.97. The first-order chi connectivity index (χ1) is 9.93. The Morgan fingerprint density at radius 1 is 0.850 bits per heavy atom. The number of nitrogens with zero attached hydrogens (tertiary/aromatic N) is 2. The summed E-state index contributed by atoms with van der Waals surface area (Å²) in [5.74, 6) is 0. The van der Waals surface area contributed by atoms with Gasteiger partial charge in [-0.25, -0.2) is 0 Å². The minimum atomic E-state index is 0.977. The van der Waals surface area contributed by atoms with Gasteiger partial charge in [0.15, 0.2) is 0 Å². The van der Waals surface area contributed by atoms with Crippen molar-refractivity contribution < 1.29 is 0 Å². The van der Waals surface area contributed by atoms with Crippen LogP contribution in [0.4, 0.5) is 0 Å². The summed E-state index contributed by atoms with van der Waals surface area (Å²) < 4.78 is 1.98. The second-order valence-electron chi connectivity index (χ2n) is 5.70. The highest BCUT2D eigenvalue weighted by atomic mass is 15.3. The predicted molar refractivity (Wildman–Crippen MR) is 86.9 cm³/mol. The summed E-state index contributed by atoms with van der Waals surface area (Å²) in [6.45, 7) is 5.44. The molecule has 0 saturated carbocycles. The molecule has 0 unspecified atom stereocenters. The average Bonchev–Trinajstić information content (AvgIpc) is 2.97. The zero-order valence-electron chi connectivity index (χ0n) is 13.3. The summed E-state index contributed by atoms with van der Waals surface area (Å²) >= 11 is 0. The van der Waals surface area contributed by atoms with E-state index >= 15 is 0 Å². The molecule has 1 aromatic rings. The highest BCUT2D eigenvalue weighted by molar-refractivity contribution is 4.77. The fourth-order valence-electron chi connectivity index (χ4n) is 2.49. The summed E-state index contributed by atoms with van der Waals surface area (Å²) in [7, 11) is 0. The van der Waals surface area contributed by atoms with Gasteiger partial charge >= 0.3 is 0 Å². The topological polar surface area (TPSA) is 29.9 Å². The van der Waals surface area contributed by atoms with Gasteiger partial charge < -0.3 is 5.32 Å². The Bertz CT molecular complexity index is 282. The number of hydrogen-bond acceptors (Lipinski definition) is 2. The Balaban J connectivity index is 1.70. The summed E-state index contributed by atoms with van der Waals surface area (Å²) in [4.78, 5) is 0. The first-order valence-electron chi connectivity index (χ1n) is 8.61. The highest BCUT2D eigenvalue weighted by Crippen LogP contribution is 2.10. The molecule has 1 aromatic heterocycles. The van der Waals surface area contributed by atoms with Crippen LogP contribution in [0.2, 0.25) is 0 Å². The van der Waals surface area contributed by atoms with Crippen LogP contribution in [0.25, 0.3) is 0 Å². The van der Waals surface area contributed by atoms with Crippen LogP contribution in [0.3, 0.4) is 0 Å². The van der Waals surface area contributed by atoms with E-state index in [1.165, 1.54) is 64.2 Å². The second-order valence-corrected chi connectivity index (χ2v) is 5.70. The standard InChI is InChI=1S/C17H33N3/c1-2-3-4-5-6-7-8-9-10-11-13-18-15-17-20-16-12-14-19-20/h12,14,16,18H,2-11,13,15,17H2,1H3. The molecular formula is C17H33N3. The molecule has 0 spiro atoms. The largest absolute Gasteiger partial charge is 0.315 e. The molecule has 0 saturated heterocycles. The molecule has 0 aliphatic carbocycles. The van der Waals surface area contributed by atoms with Gasteiger partial charge in [-0.3, -0.25) is 4.68 Å². The molecule has 0 aliphatic rings. The van der Waals surface area contributed by atoms with Crippen molar-refractivity contribution in [3.63, 3.8) is 0 Å². The lowest BCUT2D eigenvalue weighted by atomic mass is 10.1. The van der Waals surface area contributed by atoms with Crippen molar-refractivity contribution in [2.75, 3.05) is 13.1 Å². The lowest BCUT2D eigenvalue weighted by Gasteiger charge is -2.05. The quantitative estimate of drug-likeness (QED) is 0.512. The Labute approximate surface area is 125 Å². The normalized spacial score (nSPS) is 11.1. The maximum absolute atomic E-state index is 4.19. The first kappa shape index (κ1) is 17.2. The number of aromatic nitrogens is 2.